The molecule has 5 heteroatoms. The number of amides is 1. The summed E-state index contributed by atoms with van der Waals surface area (Å²) in [4.78, 5) is 17.9. The maximum Gasteiger partial charge on any atom is 0.220 e. The number of pyridine rings is 1. The van der Waals surface area contributed by atoms with Gasteiger partial charge in [0, 0.05) is 31.7 Å². The number of hydrogen-bond acceptors (Lipinski definition) is 4. The first-order valence-corrected chi connectivity index (χ1v) is 7.76. The number of nitrogens with zero attached hydrogens (tertiary/aromatic N) is 2. The molecule has 0 aliphatic carbocycles. The number of carbonyl (C=O) groups excluding carboxylic acids is 1. The second-order valence-electron chi connectivity index (χ2n) is 6.21. The summed E-state index contributed by atoms with van der Waals surface area (Å²) in [6.45, 7) is 7.98. The molecule has 0 bridgehead atoms. The number of carbonyl (C=O) groups is 1. The summed E-state index contributed by atoms with van der Waals surface area (Å²) in [6, 6.07) is 4.19. The quantitative estimate of drug-likeness (QED) is 0.833. The van der Waals surface area contributed by atoms with Gasteiger partial charge >= 0.3 is 0 Å². The second kappa shape index (κ2) is 7.41. The van der Waals surface area contributed by atoms with Crippen LogP contribution in [-0.2, 0) is 11.3 Å². The lowest BCUT2D eigenvalue weighted by Crippen LogP contribution is -2.38. The van der Waals surface area contributed by atoms with Crippen molar-refractivity contribution in [2.45, 2.75) is 33.2 Å². The highest BCUT2D eigenvalue weighted by atomic mass is 16.1. The van der Waals surface area contributed by atoms with Gasteiger partial charge in [0.05, 0.1) is 0 Å². The fraction of sp³-hybridized carbons (Fsp3) is 0.625. The minimum absolute atomic E-state index is 0.0285. The molecule has 1 aliphatic heterocycles. The Bertz CT molecular complexity index is 450. The summed E-state index contributed by atoms with van der Waals surface area (Å²) in [5.41, 5.74) is 6.56. The average Bonchev–Trinajstić information content (AvgIpc) is 2.48. The van der Waals surface area contributed by atoms with Gasteiger partial charge in [0.25, 0.3) is 0 Å². The van der Waals surface area contributed by atoms with Crippen LogP contribution in [-0.4, -0.2) is 30.5 Å². The van der Waals surface area contributed by atoms with E-state index in [2.05, 4.69) is 41.2 Å². The van der Waals surface area contributed by atoms with Gasteiger partial charge in [-0.25, -0.2) is 4.98 Å². The monoisotopic (exact) mass is 290 g/mol. The molecule has 21 heavy (non-hydrogen) atoms. The highest BCUT2D eigenvalue weighted by molar-refractivity contribution is 5.76. The van der Waals surface area contributed by atoms with E-state index in [1.165, 1.54) is 5.56 Å². The van der Waals surface area contributed by atoms with Gasteiger partial charge in [0.1, 0.15) is 5.82 Å². The Kier molecular flexibility index (Phi) is 5.56. The van der Waals surface area contributed by atoms with Crippen molar-refractivity contribution >= 4 is 11.7 Å². The Morgan fingerprint density at radius 3 is 2.67 bits per heavy atom. The molecule has 0 spiro atoms. The number of piperidine rings is 1. The molecule has 1 aliphatic rings. The molecule has 2 rings (SSSR count). The minimum atomic E-state index is -0.172. The third kappa shape index (κ3) is 4.70. The third-order valence-electron chi connectivity index (χ3n) is 3.91. The van der Waals surface area contributed by atoms with E-state index in [9.17, 15) is 4.79 Å². The molecule has 0 radical (unpaired) electrons. The minimum Gasteiger partial charge on any atom is -0.369 e. The number of primary amides is 1. The largest absolute Gasteiger partial charge is 0.369 e. The molecular formula is C16H26N4O. The molecule has 1 fully saturated rings. The summed E-state index contributed by atoms with van der Waals surface area (Å²) >= 11 is 0. The van der Waals surface area contributed by atoms with Crippen molar-refractivity contribution in [3.8, 4) is 0 Å². The Labute approximate surface area is 126 Å². The van der Waals surface area contributed by atoms with Gasteiger partial charge in [0.15, 0.2) is 0 Å². The summed E-state index contributed by atoms with van der Waals surface area (Å²) < 4.78 is 0. The van der Waals surface area contributed by atoms with Crippen LogP contribution in [0.1, 0.15) is 32.3 Å². The Morgan fingerprint density at radius 1 is 1.43 bits per heavy atom. The van der Waals surface area contributed by atoms with Crippen LogP contribution in [0.2, 0.25) is 0 Å². The summed E-state index contributed by atoms with van der Waals surface area (Å²) in [7, 11) is 0. The number of anilines is 1. The van der Waals surface area contributed by atoms with Crippen LogP contribution in [0.3, 0.4) is 0 Å². The number of nitrogens with one attached hydrogen (secondary N) is 1. The van der Waals surface area contributed by atoms with Gasteiger partial charge in [-0.2, -0.15) is 0 Å². The first-order chi connectivity index (χ1) is 10.1. The molecule has 1 amide bonds. The van der Waals surface area contributed by atoms with Crippen LogP contribution in [0.4, 0.5) is 5.82 Å². The van der Waals surface area contributed by atoms with E-state index in [0.717, 1.165) is 44.8 Å². The van der Waals surface area contributed by atoms with Crippen molar-refractivity contribution in [2.75, 3.05) is 24.5 Å². The van der Waals surface area contributed by atoms with E-state index in [1.807, 2.05) is 6.20 Å². The Morgan fingerprint density at radius 2 is 2.14 bits per heavy atom. The zero-order valence-electron chi connectivity index (χ0n) is 13.0. The van der Waals surface area contributed by atoms with Crippen molar-refractivity contribution in [2.24, 2.45) is 17.6 Å². The SMILES string of the molecule is CC(C)CNCc1ccc(N2CCC(C(N)=O)CC2)nc1. The maximum atomic E-state index is 11.2. The third-order valence-corrected chi connectivity index (χ3v) is 3.91. The molecule has 0 atom stereocenters. The molecule has 2 heterocycles. The number of aromatic nitrogens is 1. The van der Waals surface area contributed by atoms with Crippen LogP contribution in [0.5, 0.6) is 0 Å². The average molecular weight is 290 g/mol. The van der Waals surface area contributed by atoms with Gasteiger partial charge in [-0.1, -0.05) is 19.9 Å². The lowest BCUT2D eigenvalue weighted by Gasteiger charge is -2.31. The highest BCUT2D eigenvalue weighted by Gasteiger charge is 2.23. The molecular weight excluding hydrogens is 264 g/mol. The fourth-order valence-electron chi connectivity index (χ4n) is 2.61. The summed E-state index contributed by atoms with van der Waals surface area (Å²) in [5, 5.41) is 3.41. The molecule has 0 unspecified atom stereocenters. The topological polar surface area (TPSA) is 71.2 Å². The van der Waals surface area contributed by atoms with Crippen LogP contribution in [0.25, 0.3) is 0 Å². The zero-order valence-corrected chi connectivity index (χ0v) is 13.0. The van der Waals surface area contributed by atoms with E-state index in [4.69, 9.17) is 5.73 Å². The zero-order chi connectivity index (χ0) is 15.2. The van der Waals surface area contributed by atoms with Crippen LogP contribution in [0.15, 0.2) is 18.3 Å². The first-order valence-electron chi connectivity index (χ1n) is 7.76. The van der Waals surface area contributed by atoms with Gasteiger partial charge in [0.2, 0.25) is 5.91 Å². The highest BCUT2D eigenvalue weighted by Crippen LogP contribution is 2.21. The summed E-state index contributed by atoms with van der Waals surface area (Å²) in [5.74, 6) is 1.50. The van der Waals surface area contributed by atoms with E-state index in [0.29, 0.717) is 5.92 Å². The lowest BCUT2D eigenvalue weighted by atomic mass is 9.96. The Balaban J connectivity index is 1.84. The van der Waals surface area contributed by atoms with Gasteiger partial charge < -0.3 is 16.0 Å². The number of hydrogen-bond donors (Lipinski definition) is 2. The van der Waals surface area contributed by atoms with E-state index < -0.39 is 0 Å². The molecule has 0 aromatic carbocycles. The Hall–Kier alpha value is -1.62. The van der Waals surface area contributed by atoms with Crippen molar-refractivity contribution < 1.29 is 4.79 Å². The maximum absolute atomic E-state index is 11.2. The fourth-order valence-corrected chi connectivity index (χ4v) is 2.61. The van der Waals surface area contributed by atoms with E-state index in [1.54, 1.807) is 0 Å². The molecule has 116 valence electrons. The summed E-state index contributed by atoms with van der Waals surface area (Å²) in [6.07, 6.45) is 3.59. The van der Waals surface area contributed by atoms with Gasteiger partial charge in [-0.05, 0) is 36.9 Å². The van der Waals surface area contributed by atoms with Crippen molar-refractivity contribution in [3.05, 3.63) is 23.9 Å². The normalized spacial score (nSPS) is 16.4. The predicted molar refractivity (Wildman–Crippen MR) is 84.9 cm³/mol. The van der Waals surface area contributed by atoms with Crippen LogP contribution < -0.4 is 16.0 Å². The number of nitrogens with two attached hydrogens (primary N) is 1. The number of rotatable bonds is 6. The van der Waals surface area contributed by atoms with E-state index in [-0.39, 0.29) is 11.8 Å². The van der Waals surface area contributed by atoms with E-state index >= 15 is 0 Å². The van der Waals surface area contributed by atoms with Crippen LogP contribution in [0, 0.1) is 11.8 Å². The molecule has 5 nitrogen and oxygen atoms in total. The van der Waals surface area contributed by atoms with Crippen molar-refractivity contribution in [1.29, 1.82) is 0 Å². The van der Waals surface area contributed by atoms with Crippen LogP contribution >= 0.6 is 0 Å². The second-order valence-corrected chi connectivity index (χ2v) is 6.21. The molecule has 1 aromatic rings. The molecule has 0 saturated carbocycles. The smallest absolute Gasteiger partial charge is 0.220 e. The standard InChI is InChI=1S/C16H26N4O/c1-12(2)9-18-10-13-3-4-15(19-11-13)20-7-5-14(6-8-20)16(17)21/h3-4,11-12,14,18H,5-10H2,1-2H3,(H2,17,21). The molecule has 1 saturated heterocycles. The van der Waals surface area contributed by atoms with Crippen molar-refractivity contribution in [3.63, 3.8) is 0 Å². The molecule has 3 N–H and O–H groups in total. The molecule has 1 aromatic heterocycles. The van der Waals surface area contributed by atoms with Crippen molar-refractivity contribution in [1.82, 2.24) is 10.3 Å². The van der Waals surface area contributed by atoms with Gasteiger partial charge in [-0.15, -0.1) is 0 Å². The lowest BCUT2D eigenvalue weighted by molar-refractivity contribution is -0.122. The predicted octanol–water partition coefficient (Wildman–Crippen LogP) is 1.53. The van der Waals surface area contributed by atoms with Gasteiger partial charge in [-0.3, -0.25) is 4.79 Å². The first kappa shape index (κ1) is 15.8.